The van der Waals surface area contributed by atoms with Gasteiger partial charge in [-0.2, -0.15) is 0 Å². The lowest BCUT2D eigenvalue weighted by Crippen LogP contribution is -2.06. The standard InChI is InChI=1S/C6H11N5OS.ClH/c1-3-12-5(7)4-13-6-8-9-10-11(6)2;/h7H,3-4H2,1-2H3;1H. The van der Waals surface area contributed by atoms with Crippen LogP contribution in [0.15, 0.2) is 5.16 Å². The number of ether oxygens (including phenoxy) is 1. The molecule has 0 unspecified atom stereocenters. The van der Waals surface area contributed by atoms with Gasteiger partial charge in [-0.3, -0.25) is 5.41 Å². The molecule has 80 valence electrons. The molecule has 1 heterocycles. The molecular formula is C6H12ClN5OS. The van der Waals surface area contributed by atoms with E-state index in [4.69, 9.17) is 10.1 Å². The van der Waals surface area contributed by atoms with Gasteiger partial charge in [0.15, 0.2) is 5.90 Å². The molecule has 1 aromatic rings. The molecule has 1 N–H and O–H groups in total. The molecule has 6 nitrogen and oxygen atoms in total. The average molecular weight is 238 g/mol. The van der Waals surface area contributed by atoms with Crippen LogP contribution in [0.2, 0.25) is 0 Å². The molecule has 0 aliphatic rings. The molecule has 14 heavy (non-hydrogen) atoms. The van der Waals surface area contributed by atoms with E-state index < -0.39 is 0 Å². The largest absolute Gasteiger partial charge is 0.481 e. The van der Waals surface area contributed by atoms with Crippen molar-refractivity contribution in [2.24, 2.45) is 7.05 Å². The van der Waals surface area contributed by atoms with Crippen molar-refractivity contribution in [2.45, 2.75) is 12.1 Å². The first-order chi connectivity index (χ1) is 6.24. The number of thioether (sulfide) groups is 1. The molecule has 8 heteroatoms. The number of tetrazole rings is 1. The Hall–Kier alpha value is -0.820. The number of nitrogens with one attached hydrogen (secondary N) is 1. The number of halogens is 1. The van der Waals surface area contributed by atoms with E-state index >= 15 is 0 Å². The predicted octanol–water partition coefficient (Wildman–Crippen LogP) is 0.738. The smallest absolute Gasteiger partial charge is 0.209 e. The third-order valence-electron chi connectivity index (χ3n) is 1.23. The van der Waals surface area contributed by atoms with Crippen LogP contribution >= 0.6 is 24.2 Å². The molecule has 1 aromatic heterocycles. The molecular weight excluding hydrogens is 226 g/mol. The Labute approximate surface area is 92.3 Å². The van der Waals surface area contributed by atoms with Crippen molar-refractivity contribution >= 4 is 30.1 Å². The maximum absolute atomic E-state index is 7.34. The minimum atomic E-state index is 0. The Morgan fingerprint density at radius 2 is 2.36 bits per heavy atom. The summed E-state index contributed by atoms with van der Waals surface area (Å²) < 4.78 is 6.52. The molecule has 0 bridgehead atoms. The first-order valence-electron chi connectivity index (χ1n) is 3.79. The fraction of sp³-hybridized carbons (Fsp3) is 0.667. The minimum absolute atomic E-state index is 0. The summed E-state index contributed by atoms with van der Waals surface area (Å²) in [5.41, 5.74) is 0. The first kappa shape index (κ1) is 13.2. The van der Waals surface area contributed by atoms with Gasteiger partial charge in [-0.15, -0.1) is 17.5 Å². The summed E-state index contributed by atoms with van der Waals surface area (Å²) in [4.78, 5) is 0. The summed E-state index contributed by atoms with van der Waals surface area (Å²) in [5.74, 6) is 0.706. The van der Waals surface area contributed by atoms with Crippen molar-refractivity contribution in [1.29, 1.82) is 5.41 Å². The van der Waals surface area contributed by atoms with E-state index in [0.717, 1.165) is 0 Å². The van der Waals surface area contributed by atoms with Crippen LogP contribution < -0.4 is 0 Å². The molecule has 0 aliphatic heterocycles. The molecule has 0 spiro atoms. The summed E-state index contributed by atoms with van der Waals surface area (Å²) in [6, 6.07) is 0. The van der Waals surface area contributed by atoms with E-state index in [9.17, 15) is 0 Å². The van der Waals surface area contributed by atoms with Crippen molar-refractivity contribution in [3.8, 4) is 0 Å². The third kappa shape index (κ3) is 3.93. The minimum Gasteiger partial charge on any atom is -0.481 e. The van der Waals surface area contributed by atoms with E-state index in [1.54, 1.807) is 11.7 Å². The monoisotopic (exact) mass is 237 g/mol. The van der Waals surface area contributed by atoms with Crippen molar-refractivity contribution in [3.05, 3.63) is 0 Å². The van der Waals surface area contributed by atoms with Gasteiger partial charge >= 0.3 is 0 Å². The number of rotatable bonds is 4. The van der Waals surface area contributed by atoms with Gasteiger partial charge in [0.1, 0.15) is 0 Å². The zero-order chi connectivity index (χ0) is 9.68. The van der Waals surface area contributed by atoms with Crippen molar-refractivity contribution in [3.63, 3.8) is 0 Å². The van der Waals surface area contributed by atoms with Crippen LogP contribution in [0.5, 0.6) is 0 Å². The molecule has 0 fully saturated rings. The van der Waals surface area contributed by atoms with Gasteiger partial charge in [0.05, 0.1) is 12.4 Å². The number of hydrogen-bond donors (Lipinski definition) is 1. The summed E-state index contributed by atoms with van der Waals surface area (Å²) in [6.07, 6.45) is 0. The second-order valence-electron chi connectivity index (χ2n) is 2.23. The third-order valence-corrected chi connectivity index (χ3v) is 2.24. The van der Waals surface area contributed by atoms with E-state index in [1.165, 1.54) is 11.8 Å². The van der Waals surface area contributed by atoms with Crippen molar-refractivity contribution in [2.75, 3.05) is 12.4 Å². The van der Waals surface area contributed by atoms with Gasteiger partial charge in [-0.05, 0) is 17.4 Å². The molecule has 0 atom stereocenters. The normalized spacial score (nSPS) is 9.29. The van der Waals surface area contributed by atoms with Crippen LogP contribution in [-0.2, 0) is 11.8 Å². The zero-order valence-corrected chi connectivity index (χ0v) is 9.56. The lowest BCUT2D eigenvalue weighted by Gasteiger charge is -2.02. The van der Waals surface area contributed by atoms with Gasteiger partial charge in [0, 0.05) is 7.05 Å². The second kappa shape index (κ2) is 6.61. The van der Waals surface area contributed by atoms with Gasteiger partial charge in [0.25, 0.3) is 0 Å². The molecule has 1 rings (SSSR count). The summed E-state index contributed by atoms with van der Waals surface area (Å²) in [6.45, 7) is 2.37. The first-order valence-corrected chi connectivity index (χ1v) is 4.78. The van der Waals surface area contributed by atoms with Crippen LogP contribution in [0.25, 0.3) is 0 Å². The fourth-order valence-electron chi connectivity index (χ4n) is 0.690. The highest BCUT2D eigenvalue weighted by Gasteiger charge is 2.04. The average Bonchev–Trinajstić information content (AvgIpc) is 2.48. The van der Waals surface area contributed by atoms with Crippen LogP contribution in [0.3, 0.4) is 0 Å². The quantitative estimate of drug-likeness (QED) is 0.475. The molecule has 0 amide bonds. The highest BCUT2D eigenvalue weighted by atomic mass is 35.5. The van der Waals surface area contributed by atoms with Crippen LogP contribution in [0.4, 0.5) is 0 Å². The maximum Gasteiger partial charge on any atom is 0.209 e. The number of aromatic nitrogens is 4. The van der Waals surface area contributed by atoms with Crippen LogP contribution in [0.1, 0.15) is 6.92 Å². The summed E-state index contributed by atoms with van der Waals surface area (Å²) in [7, 11) is 1.76. The second-order valence-corrected chi connectivity index (χ2v) is 3.17. The Morgan fingerprint density at radius 1 is 1.64 bits per heavy atom. The lowest BCUT2D eigenvalue weighted by atomic mass is 10.7. The molecule has 0 saturated carbocycles. The predicted molar refractivity (Wildman–Crippen MR) is 56.1 cm³/mol. The van der Waals surface area contributed by atoms with E-state index in [0.29, 0.717) is 17.5 Å². The SMILES string of the molecule is CCOC(=N)CSc1nnnn1C.Cl. The van der Waals surface area contributed by atoms with Crippen LogP contribution in [-0.4, -0.2) is 38.5 Å². The Morgan fingerprint density at radius 3 is 2.86 bits per heavy atom. The fourth-order valence-corrected chi connectivity index (χ4v) is 1.35. The van der Waals surface area contributed by atoms with Crippen molar-refractivity contribution < 1.29 is 4.74 Å². The van der Waals surface area contributed by atoms with Gasteiger partial charge in [0.2, 0.25) is 5.16 Å². The molecule has 0 aromatic carbocycles. The van der Waals surface area contributed by atoms with E-state index in [1.807, 2.05) is 6.92 Å². The summed E-state index contributed by atoms with van der Waals surface area (Å²) >= 11 is 1.38. The topological polar surface area (TPSA) is 76.7 Å². The zero-order valence-electron chi connectivity index (χ0n) is 7.93. The summed E-state index contributed by atoms with van der Waals surface area (Å²) in [5, 5.41) is 18.9. The van der Waals surface area contributed by atoms with Gasteiger partial charge in [-0.1, -0.05) is 11.8 Å². The van der Waals surface area contributed by atoms with E-state index in [-0.39, 0.29) is 18.3 Å². The Balaban J connectivity index is 0.00000169. The molecule has 0 aliphatic carbocycles. The highest BCUT2D eigenvalue weighted by Crippen LogP contribution is 2.11. The molecule has 0 radical (unpaired) electrons. The Bertz CT molecular complexity index is 292. The van der Waals surface area contributed by atoms with Crippen molar-refractivity contribution in [1.82, 2.24) is 20.2 Å². The number of nitrogens with zero attached hydrogens (tertiary/aromatic N) is 4. The van der Waals surface area contributed by atoms with Crippen LogP contribution in [0, 0.1) is 5.41 Å². The Kier molecular flexibility index (Phi) is 6.22. The highest BCUT2D eigenvalue weighted by molar-refractivity contribution is 7.99. The van der Waals surface area contributed by atoms with Gasteiger partial charge < -0.3 is 4.74 Å². The maximum atomic E-state index is 7.34. The lowest BCUT2D eigenvalue weighted by molar-refractivity contribution is 0.322. The van der Waals surface area contributed by atoms with Gasteiger partial charge in [-0.25, -0.2) is 4.68 Å². The number of aryl methyl sites for hydroxylation is 1. The number of hydrogen-bond acceptors (Lipinski definition) is 6. The molecule has 0 saturated heterocycles. The van der Waals surface area contributed by atoms with E-state index in [2.05, 4.69) is 15.5 Å².